The zero-order chi connectivity index (χ0) is 19.9. The Kier molecular flexibility index (Phi) is 11.5. The Morgan fingerprint density at radius 2 is 1.36 bits per heavy atom. The summed E-state index contributed by atoms with van der Waals surface area (Å²) in [5.41, 5.74) is 1.22. The maximum absolute atomic E-state index is 6.10. The first-order chi connectivity index (χ1) is 13.9. The molecular weight excluding hydrogens is 344 g/mol. The molecule has 0 N–H and O–H groups in total. The molecule has 28 heavy (non-hydrogen) atoms. The summed E-state index contributed by atoms with van der Waals surface area (Å²) in [6.45, 7) is 6.37. The van der Waals surface area contributed by atoms with E-state index in [0.717, 1.165) is 19.6 Å². The number of imidazole rings is 1. The van der Waals surface area contributed by atoms with Crippen LogP contribution in [-0.4, -0.2) is 11.3 Å². The third-order valence-electron chi connectivity index (χ3n) is 5.38. The molecule has 0 saturated heterocycles. The minimum absolute atomic E-state index is 0.784. The number of unbranched alkanes of at least 4 members (excludes halogenated alkanes) is 10. The maximum atomic E-state index is 6.10. The molecular formula is C25H41N2O+. The quantitative estimate of drug-likeness (QED) is 0.235. The summed E-state index contributed by atoms with van der Waals surface area (Å²) < 4.78 is 4.34. The van der Waals surface area contributed by atoms with Crippen molar-refractivity contribution in [3.63, 3.8) is 0 Å². The molecule has 2 rings (SSSR count). The second-order valence-electron chi connectivity index (χ2n) is 7.88. The summed E-state index contributed by atoms with van der Waals surface area (Å²) in [7, 11) is 0. The second-order valence-corrected chi connectivity index (χ2v) is 7.88. The van der Waals surface area contributed by atoms with E-state index in [1.165, 1.54) is 82.0 Å². The van der Waals surface area contributed by atoms with Gasteiger partial charge in [0, 0.05) is 0 Å². The smallest absolute Gasteiger partial charge is 0.328 e. The van der Waals surface area contributed by atoms with Crippen LogP contribution in [0.4, 0.5) is 0 Å². The SMILES string of the molecule is CCCCCCCCCC[n+]1ccn(OCCCCCC)c1-c1ccccc1. The molecule has 3 nitrogen and oxygen atoms in total. The molecule has 0 aliphatic rings. The highest BCUT2D eigenvalue weighted by Gasteiger charge is 2.20. The van der Waals surface area contributed by atoms with Gasteiger partial charge in [0.05, 0.1) is 12.1 Å². The lowest BCUT2D eigenvalue weighted by atomic mass is 10.1. The third kappa shape index (κ3) is 8.08. The summed E-state index contributed by atoms with van der Waals surface area (Å²) in [5.74, 6) is 1.17. The second kappa shape index (κ2) is 14.3. The first-order valence-corrected chi connectivity index (χ1v) is 11.7. The Morgan fingerprint density at radius 1 is 0.750 bits per heavy atom. The Morgan fingerprint density at radius 3 is 2.04 bits per heavy atom. The number of aromatic nitrogens is 2. The summed E-state index contributed by atoms with van der Waals surface area (Å²) in [5, 5.41) is 0. The molecule has 3 heteroatoms. The maximum Gasteiger partial charge on any atom is 0.328 e. The number of aryl methyl sites for hydroxylation is 1. The van der Waals surface area contributed by atoms with Gasteiger partial charge in [0.25, 0.3) is 0 Å². The van der Waals surface area contributed by atoms with E-state index in [1.807, 2.05) is 4.73 Å². The van der Waals surface area contributed by atoms with Gasteiger partial charge >= 0.3 is 5.82 Å². The first-order valence-electron chi connectivity index (χ1n) is 11.7. The molecule has 0 atom stereocenters. The predicted octanol–water partition coefficient (Wildman–Crippen LogP) is 6.59. The fourth-order valence-corrected chi connectivity index (χ4v) is 3.68. The highest BCUT2D eigenvalue weighted by Crippen LogP contribution is 2.16. The highest BCUT2D eigenvalue weighted by atomic mass is 16.7. The van der Waals surface area contributed by atoms with Crippen molar-refractivity contribution in [2.75, 3.05) is 6.61 Å². The van der Waals surface area contributed by atoms with Crippen LogP contribution in [0, 0.1) is 0 Å². The topological polar surface area (TPSA) is 18.0 Å². The standard InChI is InChI=1S/C25H41N2O/c1-3-5-7-9-10-11-12-16-20-26-21-22-27(28-23-17-8-6-4-2)25(26)24-18-14-13-15-19-24/h13-15,18-19,21-22H,3-12,16-17,20,23H2,1-2H3/q+1. The molecule has 0 amide bonds. The zero-order valence-electron chi connectivity index (χ0n) is 18.2. The number of hydrogen-bond acceptors (Lipinski definition) is 1. The average Bonchev–Trinajstić information content (AvgIpc) is 3.13. The number of nitrogens with zero attached hydrogens (tertiary/aromatic N) is 2. The van der Waals surface area contributed by atoms with Crippen molar-refractivity contribution in [1.29, 1.82) is 0 Å². The largest absolute Gasteiger partial charge is 0.335 e. The van der Waals surface area contributed by atoms with Crippen LogP contribution in [0.3, 0.4) is 0 Å². The van der Waals surface area contributed by atoms with Crippen LogP contribution in [-0.2, 0) is 6.54 Å². The van der Waals surface area contributed by atoms with Gasteiger partial charge in [0.15, 0.2) is 6.20 Å². The molecule has 156 valence electrons. The van der Waals surface area contributed by atoms with Crippen molar-refractivity contribution in [1.82, 2.24) is 4.73 Å². The molecule has 0 aliphatic heterocycles. The molecule has 1 aromatic carbocycles. The lowest BCUT2D eigenvalue weighted by molar-refractivity contribution is -0.686. The first kappa shape index (κ1) is 22.5. The molecule has 0 spiro atoms. The average molecular weight is 386 g/mol. The molecule has 1 aromatic heterocycles. The Labute approximate surface area is 172 Å². The van der Waals surface area contributed by atoms with Gasteiger partial charge in [-0.2, -0.15) is 0 Å². The lowest BCUT2D eigenvalue weighted by Crippen LogP contribution is -2.35. The normalized spacial score (nSPS) is 11.1. The van der Waals surface area contributed by atoms with Crippen molar-refractivity contribution in [2.24, 2.45) is 0 Å². The van der Waals surface area contributed by atoms with Gasteiger partial charge in [-0.05, 0) is 42.5 Å². The number of hydrogen-bond donors (Lipinski definition) is 0. The highest BCUT2D eigenvalue weighted by molar-refractivity contribution is 5.51. The minimum atomic E-state index is 0.784. The number of benzene rings is 1. The molecule has 0 bridgehead atoms. The molecule has 0 fully saturated rings. The van der Waals surface area contributed by atoms with Crippen LogP contribution >= 0.6 is 0 Å². The molecule has 2 aromatic rings. The molecule has 0 radical (unpaired) electrons. The van der Waals surface area contributed by atoms with Crippen LogP contribution in [0.25, 0.3) is 11.4 Å². The van der Waals surface area contributed by atoms with Crippen LogP contribution in [0.1, 0.15) is 90.9 Å². The third-order valence-corrected chi connectivity index (χ3v) is 5.38. The monoisotopic (exact) mass is 385 g/mol. The summed E-state index contributed by atoms with van der Waals surface area (Å²) >= 11 is 0. The van der Waals surface area contributed by atoms with Crippen molar-refractivity contribution in [3.8, 4) is 11.4 Å². The van der Waals surface area contributed by atoms with Crippen molar-refractivity contribution in [3.05, 3.63) is 42.7 Å². The van der Waals surface area contributed by atoms with E-state index in [-0.39, 0.29) is 0 Å². The molecule has 0 saturated carbocycles. The van der Waals surface area contributed by atoms with E-state index in [2.05, 4.69) is 61.1 Å². The van der Waals surface area contributed by atoms with E-state index in [9.17, 15) is 0 Å². The van der Waals surface area contributed by atoms with Crippen molar-refractivity contribution < 1.29 is 9.40 Å². The molecule has 0 unspecified atom stereocenters. The van der Waals surface area contributed by atoms with Gasteiger partial charge in [0.1, 0.15) is 12.8 Å². The van der Waals surface area contributed by atoms with Crippen LogP contribution in [0.2, 0.25) is 0 Å². The predicted molar refractivity (Wildman–Crippen MR) is 118 cm³/mol. The van der Waals surface area contributed by atoms with Gasteiger partial charge in [0.2, 0.25) is 0 Å². The number of rotatable bonds is 16. The van der Waals surface area contributed by atoms with Gasteiger partial charge < -0.3 is 4.84 Å². The fourth-order valence-electron chi connectivity index (χ4n) is 3.68. The van der Waals surface area contributed by atoms with Crippen molar-refractivity contribution in [2.45, 2.75) is 97.4 Å². The summed E-state index contributed by atoms with van der Waals surface area (Å²) in [6.07, 6.45) is 20.0. The van der Waals surface area contributed by atoms with E-state index in [0.29, 0.717) is 0 Å². The summed E-state index contributed by atoms with van der Waals surface area (Å²) in [6, 6.07) is 10.6. The lowest BCUT2D eigenvalue weighted by Gasteiger charge is -2.06. The van der Waals surface area contributed by atoms with E-state index >= 15 is 0 Å². The van der Waals surface area contributed by atoms with Gasteiger partial charge in [-0.3, -0.25) is 0 Å². The van der Waals surface area contributed by atoms with Gasteiger partial charge in [-0.1, -0.05) is 83.4 Å². The van der Waals surface area contributed by atoms with Crippen LogP contribution < -0.4 is 9.40 Å². The van der Waals surface area contributed by atoms with E-state index in [1.54, 1.807) is 0 Å². The Balaban J connectivity index is 1.86. The van der Waals surface area contributed by atoms with Gasteiger partial charge in [-0.25, -0.2) is 4.57 Å². The van der Waals surface area contributed by atoms with E-state index in [4.69, 9.17) is 4.84 Å². The Hall–Kier alpha value is -1.77. The van der Waals surface area contributed by atoms with Crippen molar-refractivity contribution >= 4 is 0 Å². The molecule has 1 heterocycles. The van der Waals surface area contributed by atoms with Crippen LogP contribution in [0.5, 0.6) is 0 Å². The summed E-state index contributed by atoms with van der Waals surface area (Å²) in [4.78, 5) is 6.10. The van der Waals surface area contributed by atoms with Gasteiger partial charge in [-0.15, -0.1) is 0 Å². The molecule has 0 aliphatic carbocycles. The van der Waals surface area contributed by atoms with Crippen LogP contribution in [0.15, 0.2) is 42.7 Å². The zero-order valence-corrected chi connectivity index (χ0v) is 18.2. The van der Waals surface area contributed by atoms with E-state index < -0.39 is 0 Å². The Bertz CT molecular complexity index is 621. The minimum Gasteiger partial charge on any atom is -0.335 e. The fraction of sp³-hybridized carbons (Fsp3) is 0.640.